The molecule has 0 N–H and O–H groups in total. The van der Waals surface area contributed by atoms with Crippen molar-refractivity contribution < 1.29 is 28.6 Å². The Morgan fingerprint density at radius 3 is 0.984 bits per heavy atom. The molecule has 6 heteroatoms. The summed E-state index contributed by atoms with van der Waals surface area (Å²) in [6.07, 6.45) is 62.4. The van der Waals surface area contributed by atoms with E-state index in [2.05, 4.69) is 69.4 Å². The van der Waals surface area contributed by atoms with Gasteiger partial charge in [-0.25, -0.2) is 0 Å². The molecule has 366 valence electrons. The first-order valence-electron chi connectivity index (χ1n) is 27.1. The second-order valence-electron chi connectivity index (χ2n) is 18.1. The minimum atomic E-state index is -0.777. The van der Waals surface area contributed by atoms with Crippen LogP contribution in [0.5, 0.6) is 0 Å². The third-order valence-electron chi connectivity index (χ3n) is 11.8. The Labute approximate surface area is 390 Å². The summed E-state index contributed by atoms with van der Waals surface area (Å²) >= 11 is 0. The summed E-state index contributed by atoms with van der Waals surface area (Å²) in [5, 5.41) is 0. The standard InChI is InChI=1S/C57H102O6/c1-4-7-10-13-16-19-22-24-26-27-28-29-31-33-36-38-41-44-47-50-56(59)62-53-54(63-57(60)51-48-45-42-39-34-21-18-15-12-9-6-3)52-61-55(58)49-46-43-40-37-35-32-30-25-23-20-17-14-11-8-5-2/h8,11,17,20,24-26,30,54H,4-7,9-10,12-16,18-19,21-23,27-29,31-53H2,1-3H3/b11-8-,20-17-,26-24-,30-25-/t54-/m1/s1. The Morgan fingerprint density at radius 2 is 0.619 bits per heavy atom. The first-order valence-corrected chi connectivity index (χ1v) is 27.1. The molecule has 0 aliphatic carbocycles. The van der Waals surface area contributed by atoms with E-state index in [4.69, 9.17) is 14.2 Å². The molecule has 0 unspecified atom stereocenters. The third-order valence-corrected chi connectivity index (χ3v) is 11.8. The highest BCUT2D eigenvalue weighted by Gasteiger charge is 2.19. The number of hydrogen-bond acceptors (Lipinski definition) is 6. The molecule has 0 aromatic rings. The molecule has 0 rings (SSSR count). The van der Waals surface area contributed by atoms with Crippen molar-refractivity contribution >= 4 is 17.9 Å². The van der Waals surface area contributed by atoms with E-state index in [1.807, 2.05) is 0 Å². The van der Waals surface area contributed by atoms with Gasteiger partial charge >= 0.3 is 17.9 Å². The van der Waals surface area contributed by atoms with Crippen LogP contribution < -0.4 is 0 Å². The lowest BCUT2D eigenvalue weighted by Gasteiger charge is -2.18. The molecule has 1 atom stereocenters. The Hall–Kier alpha value is -2.63. The molecular weight excluding hydrogens is 781 g/mol. The van der Waals surface area contributed by atoms with Gasteiger partial charge in [-0.15, -0.1) is 0 Å². The second kappa shape index (κ2) is 52.0. The molecule has 6 nitrogen and oxygen atoms in total. The lowest BCUT2D eigenvalue weighted by molar-refractivity contribution is -0.167. The van der Waals surface area contributed by atoms with E-state index >= 15 is 0 Å². The maximum absolute atomic E-state index is 12.8. The molecule has 0 fully saturated rings. The maximum Gasteiger partial charge on any atom is 0.306 e. The average molecular weight is 883 g/mol. The molecule has 0 aliphatic heterocycles. The molecule has 0 saturated carbocycles. The van der Waals surface area contributed by atoms with Gasteiger partial charge in [0.2, 0.25) is 0 Å². The number of hydrogen-bond donors (Lipinski definition) is 0. The van der Waals surface area contributed by atoms with Crippen LogP contribution in [0, 0.1) is 0 Å². The van der Waals surface area contributed by atoms with Gasteiger partial charge in [0.05, 0.1) is 0 Å². The molecule has 0 radical (unpaired) electrons. The van der Waals surface area contributed by atoms with Gasteiger partial charge in [0, 0.05) is 19.3 Å². The first kappa shape index (κ1) is 60.4. The minimum Gasteiger partial charge on any atom is -0.462 e. The normalized spacial score (nSPS) is 12.4. The zero-order valence-electron chi connectivity index (χ0n) is 41.8. The number of carbonyl (C=O) groups is 3. The summed E-state index contributed by atoms with van der Waals surface area (Å²) in [5.74, 6) is -0.887. The quantitative estimate of drug-likeness (QED) is 0.0262. The van der Waals surface area contributed by atoms with Crippen molar-refractivity contribution in [3.8, 4) is 0 Å². The Kier molecular flexibility index (Phi) is 49.8. The summed E-state index contributed by atoms with van der Waals surface area (Å²) in [7, 11) is 0. The summed E-state index contributed by atoms with van der Waals surface area (Å²) in [6.45, 7) is 6.52. The van der Waals surface area contributed by atoms with Gasteiger partial charge in [-0.2, -0.15) is 0 Å². The van der Waals surface area contributed by atoms with E-state index in [1.54, 1.807) is 0 Å². The van der Waals surface area contributed by atoms with E-state index in [-0.39, 0.29) is 31.1 Å². The lowest BCUT2D eigenvalue weighted by atomic mass is 10.1. The van der Waals surface area contributed by atoms with Crippen LogP contribution in [-0.4, -0.2) is 37.2 Å². The van der Waals surface area contributed by atoms with Crippen LogP contribution in [0.4, 0.5) is 0 Å². The molecule has 0 amide bonds. The molecule has 0 heterocycles. The van der Waals surface area contributed by atoms with Gasteiger partial charge in [0.25, 0.3) is 0 Å². The zero-order valence-corrected chi connectivity index (χ0v) is 41.8. The van der Waals surface area contributed by atoms with E-state index in [0.29, 0.717) is 19.3 Å². The largest absolute Gasteiger partial charge is 0.462 e. The van der Waals surface area contributed by atoms with Crippen molar-refractivity contribution in [2.45, 2.75) is 284 Å². The molecule has 0 aliphatic rings. The van der Waals surface area contributed by atoms with Crippen molar-refractivity contribution in [2.24, 2.45) is 0 Å². The van der Waals surface area contributed by atoms with Crippen LogP contribution in [-0.2, 0) is 28.6 Å². The highest BCUT2D eigenvalue weighted by atomic mass is 16.6. The highest BCUT2D eigenvalue weighted by molar-refractivity contribution is 5.71. The topological polar surface area (TPSA) is 78.9 Å². The summed E-state index contributed by atoms with van der Waals surface area (Å²) < 4.78 is 16.8. The van der Waals surface area contributed by atoms with Gasteiger partial charge in [0.15, 0.2) is 6.10 Å². The molecular formula is C57H102O6. The molecule has 0 aromatic heterocycles. The molecule has 0 aromatic carbocycles. The molecule has 0 saturated heterocycles. The number of esters is 3. The van der Waals surface area contributed by atoms with Gasteiger partial charge < -0.3 is 14.2 Å². The monoisotopic (exact) mass is 883 g/mol. The number of unbranched alkanes of at least 4 members (excludes halogenated alkanes) is 30. The van der Waals surface area contributed by atoms with E-state index < -0.39 is 6.10 Å². The smallest absolute Gasteiger partial charge is 0.306 e. The van der Waals surface area contributed by atoms with Gasteiger partial charge in [0.1, 0.15) is 13.2 Å². The number of ether oxygens (including phenoxy) is 3. The fourth-order valence-corrected chi connectivity index (χ4v) is 7.75. The highest BCUT2D eigenvalue weighted by Crippen LogP contribution is 2.15. The minimum absolute atomic E-state index is 0.0773. The van der Waals surface area contributed by atoms with Gasteiger partial charge in [-0.1, -0.05) is 230 Å². The predicted octanol–water partition coefficient (Wildman–Crippen LogP) is 17.9. The van der Waals surface area contributed by atoms with Crippen LogP contribution in [0.1, 0.15) is 278 Å². The van der Waals surface area contributed by atoms with E-state index in [0.717, 1.165) is 96.3 Å². The number of allylic oxidation sites excluding steroid dienone is 8. The number of rotatable bonds is 49. The second-order valence-corrected chi connectivity index (χ2v) is 18.1. The Balaban J connectivity index is 4.32. The fourth-order valence-electron chi connectivity index (χ4n) is 7.75. The molecule has 0 spiro atoms. The maximum atomic E-state index is 12.8. The fraction of sp³-hybridized carbons (Fsp3) is 0.807. The summed E-state index contributed by atoms with van der Waals surface area (Å²) in [5.41, 5.74) is 0. The van der Waals surface area contributed by atoms with Crippen LogP contribution in [0.25, 0.3) is 0 Å². The third kappa shape index (κ3) is 50.2. The van der Waals surface area contributed by atoms with Crippen molar-refractivity contribution in [1.82, 2.24) is 0 Å². The lowest BCUT2D eigenvalue weighted by Crippen LogP contribution is -2.30. The number of carbonyl (C=O) groups excluding carboxylic acids is 3. The van der Waals surface area contributed by atoms with Crippen LogP contribution in [0.3, 0.4) is 0 Å². The summed E-state index contributed by atoms with van der Waals surface area (Å²) in [4.78, 5) is 38.0. The van der Waals surface area contributed by atoms with Crippen LogP contribution in [0.2, 0.25) is 0 Å². The van der Waals surface area contributed by atoms with Crippen LogP contribution >= 0.6 is 0 Å². The summed E-state index contributed by atoms with van der Waals surface area (Å²) in [6, 6.07) is 0. The SMILES string of the molecule is CC/C=C\C/C=C\C/C=C\CCCCCCCC(=O)OC[C@H](COC(=O)CCCCCCCCCCC/C=C\CCCCCCCC)OC(=O)CCCCCCCCCCCCC. The van der Waals surface area contributed by atoms with Crippen molar-refractivity contribution in [3.05, 3.63) is 48.6 Å². The predicted molar refractivity (Wildman–Crippen MR) is 270 cm³/mol. The Bertz CT molecular complexity index is 1110. The van der Waals surface area contributed by atoms with Crippen molar-refractivity contribution in [1.29, 1.82) is 0 Å². The Morgan fingerprint density at radius 1 is 0.333 bits per heavy atom. The van der Waals surface area contributed by atoms with E-state index in [9.17, 15) is 14.4 Å². The average Bonchev–Trinajstić information content (AvgIpc) is 3.28. The van der Waals surface area contributed by atoms with Gasteiger partial charge in [-0.05, 0) is 77.0 Å². The van der Waals surface area contributed by atoms with Gasteiger partial charge in [-0.3, -0.25) is 14.4 Å². The molecule has 0 bridgehead atoms. The van der Waals surface area contributed by atoms with E-state index in [1.165, 1.54) is 141 Å². The molecule has 63 heavy (non-hydrogen) atoms. The van der Waals surface area contributed by atoms with Crippen molar-refractivity contribution in [3.63, 3.8) is 0 Å². The zero-order chi connectivity index (χ0) is 45.8. The van der Waals surface area contributed by atoms with Crippen molar-refractivity contribution in [2.75, 3.05) is 13.2 Å². The first-order chi connectivity index (χ1) is 31.0. The van der Waals surface area contributed by atoms with Crippen LogP contribution in [0.15, 0.2) is 48.6 Å².